The Kier molecular flexibility index (Phi) is 7.76. The third-order valence-electron chi connectivity index (χ3n) is 6.23. The van der Waals surface area contributed by atoms with Crippen molar-refractivity contribution in [1.29, 1.82) is 0 Å². The highest BCUT2D eigenvalue weighted by atomic mass is 16.5. The topological polar surface area (TPSA) is 135 Å². The summed E-state index contributed by atoms with van der Waals surface area (Å²) in [5.74, 6) is -2.10. The third kappa shape index (κ3) is 4.89. The maximum atomic E-state index is 13.8. The molecule has 1 amide bonds. The predicted molar refractivity (Wildman–Crippen MR) is 116 cm³/mol. The summed E-state index contributed by atoms with van der Waals surface area (Å²) in [6.45, 7) is 2.08. The van der Waals surface area contributed by atoms with Gasteiger partial charge in [0.15, 0.2) is 12.1 Å². The fraction of sp³-hybridized carbons (Fsp3) is 0.478. The van der Waals surface area contributed by atoms with E-state index in [2.05, 4.69) is 9.97 Å². The van der Waals surface area contributed by atoms with E-state index in [1.165, 1.54) is 6.33 Å². The average molecular weight is 444 g/mol. The number of rotatable bonds is 10. The summed E-state index contributed by atoms with van der Waals surface area (Å²) < 4.78 is 4.83. The van der Waals surface area contributed by atoms with Crippen LogP contribution in [0.25, 0.3) is 0 Å². The fourth-order valence-corrected chi connectivity index (χ4v) is 4.80. The van der Waals surface area contributed by atoms with Gasteiger partial charge in [-0.3, -0.25) is 0 Å². The molecule has 32 heavy (non-hydrogen) atoms. The Hall–Kier alpha value is -3.04. The summed E-state index contributed by atoms with van der Waals surface area (Å²) in [7, 11) is 0. The maximum Gasteiger partial charge on any atom is 0.365 e. The molecule has 1 saturated heterocycles. The lowest BCUT2D eigenvalue weighted by atomic mass is 9.97. The number of carboxylic acids is 1. The van der Waals surface area contributed by atoms with Crippen molar-refractivity contribution in [2.45, 2.75) is 57.2 Å². The minimum Gasteiger partial charge on any atom is -0.477 e. The lowest BCUT2D eigenvalue weighted by Gasteiger charge is -2.42. The second-order valence-electron chi connectivity index (χ2n) is 8.17. The van der Waals surface area contributed by atoms with Gasteiger partial charge in [-0.15, -0.1) is 0 Å². The summed E-state index contributed by atoms with van der Waals surface area (Å²) in [5.41, 5.74) is 7.97. The number of nitrogens with two attached hydrogens (primary N) is 1. The zero-order valence-corrected chi connectivity index (χ0v) is 18.3. The number of aliphatic carboxylic acids is 1. The van der Waals surface area contributed by atoms with Crippen LogP contribution in [0.4, 0.5) is 0 Å². The molecule has 1 fully saturated rings. The molecular formula is C23H31N4O5+. The number of hydrogen-bond donors (Lipinski definition) is 3. The molecule has 2 unspecified atom stereocenters. The number of quaternary nitrogens is 1. The van der Waals surface area contributed by atoms with Gasteiger partial charge >= 0.3 is 17.8 Å². The summed E-state index contributed by atoms with van der Waals surface area (Å²) in [4.78, 5) is 46.1. The summed E-state index contributed by atoms with van der Waals surface area (Å²) in [5, 5.41) is 10.0. The Balaban J connectivity index is 1.98. The molecule has 0 radical (unpaired) electrons. The van der Waals surface area contributed by atoms with E-state index >= 15 is 0 Å². The van der Waals surface area contributed by atoms with Gasteiger partial charge in [0, 0.05) is 37.6 Å². The number of esters is 1. The molecule has 4 atom stereocenters. The van der Waals surface area contributed by atoms with Gasteiger partial charge < -0.3 is 20.6 Å². The van der Waals surface area contributed by atoms with Crippen molar-refractivity contribution in [3.05, 3.63) is 54.1 Å². The number of ether oxygens (including phenoxy) is 1. The molecule has 2 heterocycles. The smallest absolute Gasteiger partial charge is 0.365 e. The van der Waals surface area contributed by atoms with E-state index in [-0.39, 0.29) is 26.0 Å². The summed E-state index contributed by atoms with van der Waals surface area (Å²) in [6.07, 6.45) is 4.87. The zero-order valence-electron chi connectivity index (χ0n) is 18.3. The average Bonchev–Trinajstić information content (AvgIpc) is 3.45. The highest BCUT2D eigenvalue weighted by Gasteiger charge is 2.60. The van der Waals surface area contributed by atoms with Crippen LogP contribution in [0.5, 0.6) is 0 Å². The van der Waals surface area contributed by atoms with E-state index < -0.39 is 40.5 Å². The van der Waals surface area contributed by atoms with E-state index in [1.54, 1.807) is 13.1 Å². The van der Waals surface area contributed by atoms with Crippen molar-refractivity contribution in [2.75, 3.05) is 13.2 Å². The quantitative estimate of drug-likeness (QED) is 0.373. The lowest BCUT2D eigenvalue weighted by Crippen LogP contribution is -2.70. The van der Waals surface area contributed by atoms with Crippen LogP contribution < -0.4 is 5.73 Å². The number of carbonyl (C=O) groups is 3. The van der Waals surface area contributed by atoms with E-state index in [4.69, 9.17) is 10.5 Å². The van der Waals surface area contributed by atoms with Crippen molar-refractivity contribution < 1.29 is 28.7 Å². The molecule has 1 aromatic carbocycles. The monoisotopic (exact) mass is 443 g/mol. The molecule has 0 saturated carbocycles. The Labute approximate surface area is 187 Å². The molecule has 1 aliphatic heterocycles. The number of imidazole rings is 1. The number of amides is 1. The lowest BCUT2D eigenvalue weighted by molar-refractivity contribution is -0.875. The number of carbonyl (C=O) groups excluding carboxylic acids is 2. The normalized spacial score (nSPS) is 22.2. The van der Waals surface area contributed by atoms with Crippen LogP contribution in [0.15, 0.2) is 42.9 Å². The van der Waals surface area contributed by atoms with E-state index in [0.29, 0.717) is 25.0 Å². The van der Waals surface area contributed by atoms with Crippen LogP contribution in [0.2, 0.25) is 0 Å². The van der Waals surface area contributed by atoms with Gasteiger partial charge in [0.05, 0.1) is 19.5 Å². The molecule has 9 heteroatoms. The van der Waals surface area contributed by atoms with Crippen LogP contribution in [-0.4, -0.2) is 68.7 Å². The van der Waals surface area contributed by atoms with Crippen LogP contribution in [0.3, 0.4) is 0 Å². The fourth-order valence-electron chi connectivity index (χ4n) is 4.80. The van der Waals surface area contributed by atoms with Crippen LogP contribution in [-0.2, 0) is 32.0 Å². The Morgan fingerprint density at radius 1 is 1.31 bits per heavy atom. The van der Waals surface area contributed by atoms with Crippen LogP contribution in [0, 0.1) is 0 Å². The van der Waals surface area contributed by atoms with Gasteiger partial charge in [-0.2, -0.15) is 0 Å². The van der Waals surface area contributed by atoms with Gasteiger partial charge in [-0.25, -0.2) is 23.9 Å². The molecule has 3 rings (SSSR count). The molecular weight excluding hydrogens is 412 g/mol. The van der Waals surface area contributed by atoms with Gasteiger partial charge in [0.25, 0.3) is 0 Å². The Bertz CT molecular complexity index is 918. The number of aryl methyl sites for hydroxylation is 1. The number of carboxylic acid groups (broad SMARTS) is 1. The molecule has 0 bridgehead atoms. The summed E-state index contributed by atoms with van der Waals surface area (Å²) in [6, 6.07) is 6.62. The SMILES string of the molecule is CCOC(=O)C(CCc1ccccc1)[N+]1(C(=O)[C@@H](N)Cc2cnc[nH]2)CCC[C@H]1C(=O)O. The second kappa shape index (κ2) is 10.5. The highest BCUT2D eigenvalue weighted by molar-refractivity contribution is 5.85. The number of hydrogen-bond acceptors (Lipinski definition) is 6. The molecule has 2 aromatic rings. The minimum atomic E-state index is -1.10. The van der Waals surface area contributed by atoms with Gasteiger partial charge in [0.2, 0.25) is 0 Å². The van der Waals surface area contributed by atoms with Crippen molar-refractivity contribution >= 4 is 17.8 Å². The number of benzene rings is 1. The second-order valence-corrected chi connectivity index (χ2v) is 8.17. The zero-order chi connectivity index (χ0) is 23.1. The molecule has 0 aliphatic carbocycles. The van der Waals surface area contributed by atoms with Gasteiger partial charge in [-0.05, 0) is 18.9 Å². The van der Waals surface area contributed by atoms with E-state index in [0.717, 1.165) is 5.56 Å². The minimum absolute atomic E-state index is 0.146. The Morgan fingerprint density at radius 2 is 2.06 bits per heavy atom. The molecule has 0 spiro atoms. The first-order chi connectivity index (χ1) is 15.4. The predicted octanol–water partition coefficient (Wildman–Crippen LogP) is 1.43. The molecule has 1 aliphatic rings. The Morgan fingerprint density at radius 3 is 2.69 bits per heavy atom. The molecule has 1 aromatic heterocycles. The standard InChI is InChI=1S/C23H30N4O5/c1-2-32-23(31)20(11-10-16-7-4-3-5-8-16)27(12-6-9-19(27)22(29)30)21(28)18(24)13-17-14-25-15-26-17/h3-5,7-8,14-15,18-20H,2,6,9-13,24H2,1H3,(H-,25,26,29,30)/p+1/t18-,19-,20?,27?/m0/s1. The maximum absolute atomic E-state index is 13.8. The highest BCUT2D eigenvalue weighted by Crippen LogP contribution is 2.35. The van der Waals surface area contributed by atoms with Crippen molar-refractivity contribution in [2.24, 2.45) is 5.73 Å². The first-order valence-corrected chi connectivity index (χ1v) is 11.0. The number of H-pyrrole nitrogens is 1. The summed E-state index contributed by atoms with van der Waals surface area (Å²) >= 11 is 0. The third-order valence-corrected chi connectivity index (χ3v) is 6.23. The first-order valence-electron chi connectivity index (χ1n) is 11.0. The largest absolute Gasteiger partial charge is 0.477 e. The number of aromatic amines is 1. The molecule has 172 valence electrons. The number of likely N-dealkylation sites (tertiary alicyclic amines) is 1. The number of nitrogens with zero attached hydrogens (tertiary/aromatic N) is 2. The van der Waals surface area contributed by atoms with Crippen molar-refractivity contribution in [1.82, 2.24) is 9.97 Å². The molecule has 9 nitrogen and oxygen atoms in total. The molecule has 4 N–H and O–H groups in total. The van der Waals surface area contributed by atoms with Crippen molar-refractivity contribution in [3.8, 4) is 0 Å². The van der Waals surface area contributed by atoms with Crippen LogP contribution >= 0.6 is 0 Å². The first kappa shape index (κ1) is 23.6. The van der Waals surface area contributed by atoms with Crippen LogP contribution in [0.1, 0.15) is 37.4 Å². The van der Waals surface area contributed by atoms with Crippen molar-refractivity contribution in [3.63, 3.8) is 0 Å². The van der Waals surface area contributed by atoms with E-state index in [9.17, 15) is 19.5 Å². The van der Waals surface area contributed by atoms with Gasteiger partial charge in [0.1, 0.15) is 6.04 Å². The van der Waals surface area contributed by atoms with Gasteiger partial charge in [-0.1, -0.05) is 30.3 Å². The number of aromatic nitrogens is 2. The van der Waals surface area contributed by atoms with E-state index in [1.807, 2.05) is 30.3 Å². The number of nitrogens with one attached hydrogen (secondary N) is 1.